The van der Waals surface area contributed by atoms with Crippen LogP contribution >= 0.6 is 0 Å². The Morgan fingerprint density at radius 3 is 2.25 bits per heavy atom. The van der Waals surface area contributed by atoms with E-state index < -0.39 is 17.3 Å². The summed E-state index contributed by atoms with van der Waals surface area (Å²) in [6.07, 6.45) is 1.57. The highest BCUT2D eigenvalue weighted by Crippen LogP contribution is 2.27. The van der Waals surface area contributed by atoms with Crippen LogP contribution in [0.5, 0.6) is 0 Å². The van der Waals surface area contributed by atoms with Crippen LogP contribution in [0.1, 0.15) is 47.0 Å². The Bertz CT molecular complexity index is 348. The first-order valence-corrected chi connectivity index (χ1v) is 6.92. The van der Waals surface area contributed by atoms with Crippen LogP contribution in [-0.4, -0.2) is 30.9 Å². The molecule has 0 heterocycles. The highest BCUT2D eigenvalue weighted by atomic mass is 16.5. The molecule has 20 heavy (non-hydrogen) atoms. The molecule has 3 N–H and O–H groups in total. The number of nitrogens with one attached hydrogen (secondary N) is 1. The van der Waals surface area contributed by atoms with E-state index in [4.69, 9.17) is 10.5 Å². The molecule has 2 amide bonds. The fourth-order valence-electron chi connectivity index (χ4n) is 1.82. The Kier molecular flexibility index (Phi) is 7.87. The van der Waals surface area contributed by atoms with Crippen LogP contribution in [-0.2, 0) is 19.1 Å². The normalized spacial score (nSPS) is 12.6. The minimum atomic E-state index is -0.835. The standard InChI is InChI=1S/C14H26N2O4/c1-5-20-13(19)11(14(2,3)4)12(18)16-9-7-6-8-10(15)17/h11H,5-9H2,1-4H3,(H2,15,17)(H,16,18). The number of hydrogen-bond acceptors (Lipinski definition) is 4. The van der Waals surface area contributed by atoms with Gasteiger partial charge in [0.15, 0.2) is 0 Å². The number of carbonyl (C=O) groups excluding carboxylic acids is 3. The number of carbonyl (C=O) groups is 3. The highest BCUT2D eigenvalue weighted by molar-refractivity contribution is 5.98. The molecule has 0 aliphatic carbocycles. The maximum absolute atomic E-state index is 12.1. The summed E-state index contributed by atoms with van der Waals surface area (Å²) in [5.74, 6) is -2.03. The van der Waals surface area contributed by atoms with Crippen LogP contribution in [0.15, 0.2) is 0 Å². The van der Waals surface area contributed by atoms with Crippen LogP contribution in [0.3, 0.4) is 0 Å². The van der Waals surface area contributed by atoms with Gasteiger partial charge in [-0.05, 0) is 25.2 Å². The van der Waals surface area contributed by atoms with E-state index in [2.05, 4.69) is 5.32 Å². The smallest absolute Gasteiger partial charge is 0.319 e. The van der Waals surface area contributed by atoms with Crippen molar-refractivity contribution < 1.29 is 19.1 Å². The van der Waals surface area contributed by atoms with Gasteiger partial charge in [-0.2, -0.15) is 0 Å². The minimum Gasteiger partial charge on any atom is -0.465 e. The zero-order valence-electron chi connectivity index (χ0n) is 12.8. The van der Waals surface area contributed by atoms with Crippen molar-refractivity contribution >= 4 is 17.8 Å². The molecule has 0 spiro atoms. The Morgan fingerprint density at radius 1 is 1.20 bits per heavy atom. The van der Waals surface area contributed by atoms with Gasteiger partial charge in [-0.3, -0.25) is 14.4 Å². The Balaban J connectivity index is 4.36. The summed E-state index contributed by atoms with van der Waals surface area (Å²) < 4.78 is 4.95. The van der Waals surface area contributed by atoms with Crippen LogP contribution < -0.4 is 11.1 Å². The first kappa shape index (κ1) is 18.4. The number of rotatable bonds is 8. The lowest BCUT2D eigenvalue weighted by Crippen LogP contribution is -2.43. The lowest BCUT2D eigenvalue weighted by molar-refractivity contribution is -0.156. The third-order valence-electron chi connectivity index (χ3n) is 2.80. The van der Waals surface area contributed by atoms with Crippen LogP contribution in [0, 0.1) is 11.3 Å². The summed E-state index contributed by atoms with van der Waals surface area (Å²) in [5, 5.41) is 2.71. The maximum Gasteiger partial charge on any atom is 0.319 e. The number of unbranched alkanes of at least 4 members (excludes halogenated alkanes) is 1. The van der Waals surface area contributed by atoms with Crippen molar-refractivity contribution in [1.29, 1.82) is 0 Å². The topological polar surface area (TPSA) is 98.5 Å². The molecule has 0 fully saturated rings. The first-order valence-electron chi connectivity index (χ1n) is 6.92. The van der Waals surface area contributed by atoms with Gasteiger partial charge in [0.05, 0.1) is 6.61 Å². The third kappa shape index (κ3) is 7.11. The molecule has 0 bridgehead atoms. The minimum absolute atomic E-state index is 0.247. The van der Waals surface area contributed by atoms with E-state index in [9.17, 15) is 14.4 Å². The molecular formula is C14H26N2O4. The summed E-state index contributed by atoms with van der Waals surface area (Å²) in [7, 11) is 0. The molecule has 0 aromatic rings. The summed E-state index contributed by atoms with van der Waals surface area (Å²) in [4.78, 5) is 34.5. The molecule has 0 rings (SSSR count). The molecule has 0 saturated heterocycles. The Hall–Kier alpha value is -1.59. The molecule has 1 unspecified atom stereocenters. The Morgan fingerprint density at radius 2 is 1.80 bits per heavy atom. The number of primary amides is 1. The average Bonchev–Trinajstić information content (AvgIpc) is 2.26. The van der Waals surface area contributed by atoms with Crippen LogP contribution in [0.25, 0.3) is 0 Å². The summed E-state index contributed by atoms with van der Waals surface area (Å²) >= 11 is 0. The fourth-order valence-corrected chi connectivity index (χ4v) is 1.82. The van der Waals surface area contributed by atoms with E-state index >= 15 is 0 Å². The molecule has 6 heteroatoms. The van der Waals surface area contributed by atoms with E-state index in [0.29, 0.717) is 25.8 Å². The van der Waals surface area contributed by atoms with Crippen molar-refractivity contribution in [2.24, 2.45) is 17.1 Å². The molecule has 0 aliphatic heterocycles. The van der Waals surface area contributed by atoms with Gasteiger partial charge in [0, 0.05) is 13.0 Å². The lowest BCUT2D eigenvalue weighted by atomic mass is 9.80. The third-order valence-corrected chi connectivity index (χ3v) is 2.80. The van der Waals surface area contributed by atoms with Gasteiger partial charge >= 0.3 is 5.97 Å². The number of hydrogen-bond donors (Lipinski definition) is 2. The number of esters is 1. The molecule has 0 saturated carbocycles. The monoisotopic (exact) mass is 286 g/mol. The van der Waals surface area contributed by atoms with Crippen molar-refractivity contribution in [3.05, 3.63) is 0 Å². The van der Waals surface area contributed by atoms with Gasteiger partial charge in [-0.15, -0.1) is 0 Å². The summed E-state index contributed by atoms with van der Waals surface area (Å²) in [6, 6.07) is 0. The largest absolute Gasteiger partial charge is 0.465 e. The lowest BCUT2D eigenvalue weighted by Gasteiger charge is -2.27. The van der Waals surface area contributed by atoms with Crippen molar-refractivity contribution in [3.8, 4) is 0 Å². The maximum atomic E-state index is 12.1. The van der Waals surface area contributed by atoms with E-state index in [1.165, 1.54) is 0 Å². The number of amides is 2. The second kappa shape index (κ2) is 8.55. The summed E-state index contributed by atoms with van der Waals surface area (Å²) in [5.41, 5.74) is 4.52. The number of ether oxygens (including phenoxy) is 1. The van der Waals surface area contributed by atoms with Gasteiger partial charge in [0.2, 0.25) is 11.8 Å². The quantitative estimate of drug-likeness (QED) is 0.395. The fraction of sp³-hybridized carbons (Fsp3) is 0.786. The van der Waals surface area contributed by atoms with E-state index in [-0.39, 0.29) is 18.4 Å². The first-order chi connectivity index (χ1) is 9.20. The van der Waals surface area contributed by atoms with E-state index in [1.807, 2.05) is 20.8 Å². The zero-order valence-corrected chi connectivity index (χ0v) is 12.8. The van der Waals surface area contributed by atoms with Crippen molar-refractivity contribution in [1.82, 2.24) is 5.32 Å². The van der Waals surface area contributed by atoms with Gasteiger partial charge in [0.25, 0.3) is 0 Å². The second-order valence-electron chi connectivity index (χ2n) is 5.77. The molecule has 6 nitrogen and oxygen atoms in total. The number of nitrogens with two attached hydrogens (primary N) is 1. The molecule has 0 radical (unpaired) electrons. The van der Waals surface area contributed by atoms with Crippen molar-refractivity contribution in [2.45, 2.75) is 47.0 Å². The van der Waals surface area contributed by atoms with Crippen LogP contribution in [0.2, 0.25) is 0 Å². The average molecular weight is 286 g/mol. The van der Waals surface area contributed by atoms with Crippen molar-refractivity contribution in [2.75, 3.05) is 13.2 Å². The van der Waals surface area contributed by atoms with Gasteiger partial charge in [-0.1, -0.05) is 20.8 Å². The Labute approximate surface area is 120 Å². The van der Waals surface area contributed by atoms with Gasteiger partial charge in [-0.25, -0.2) is 0 Å². The van der Waals surface area contributed by atoms with E-state index in [1.54, 1.807) is 6.92 Å². The van der Waals surface area contributed by atoms with Crippen molar-refractivity contribution in [3.63, 3.8) is 0 Å². The zero-order chi connectivity index (χ0) is 15.8. The predicted molar refractivity (Wildman–Crippen MR) is 75.6 cm³/mol. The molecule has 1 atom stereocenters. The van der Waals surface area contributed by atoms with Gasteiger partial charge in [0.1, 0.15) is 5.92 Å². The molecule has 116 valence electrons. The molecule has 0 aliphatic rings. The predicted octanol–water partition coefficient (Wildman–Crippen LogP) is 0.984. The molecule has 0 aromatic carbocycles. The van der Waals surface area contributed by atoms with Gasteiger partial charge < -0.3 is 15.8 Å². The SMILES string of the molecule is CCOC(=O)C(C(=O)NCCCCC(N)=O)C(C)(C)C. The highest BCUT2D eigenvalue weighted by Gasteiger charge is 2.38. The van der Waals surface area contributed by atoms with Crippen LogP contribution in [0.4, 0.5) is 0 Å². The molecule has 0 aromatic heterocycles. The summed E-state index contributed by atoms with van der Waals surface area (Å²) in [6.45, 7) is 7.83. The van der Waals surface area contributed by atoms with E-state index in [0.717, 1.165) is 0 Å². The molecular weight excluding hydrogens is 260 g/mol. The second-order valence-corrected chi connectivity index (χ2v) is 5.77.